The first kappa shape index (κ1) is 21.3. The van der Waals surface area contributed by atoms with Crippen molar-refractivity contribution in [2.75, 3.05) is 33.3 Å². The molecule has 3 heterocycles. The SMILES string of the molecule is COc1cccc(CC(=O)N2CCC3(c4n[nH]c(C)n4)CN(C(=O)C(C)C)CC3C2)c1. The molecular formula is C23H31N5O3. The molecule has 2 amide bonds. The molecule has 4 rings (SSSR count). The van der Waals surface area contributed by atoms with E-state index in [1.807, 2.05) is 54.8 Å². The zero-order chi connectivity index (χ0) is 22.2. The van der Waals surface area contributed by atoms with Crippen LogP contribution in [0.4, 0.5) is 0 Å². The third-order valence-electron chi connectivity index (χ3n) is 6.65. The Morgan fingerprint density at radius 2 is 2.06 bits per heavy atom. The fourth-order valence-corrected chi connectivity index (χ4v) is 4.94. The van der Waals surface area contributed by atoms with E-state index in [1.165, 1.54) is 0 Å². The molecule has 8 heteroatoms. The summed E-state index contributed by atoms with van der Waals surface area (Å²) in [7, 11) is 1.63. The highest BCUT2D eigenvalue weighted by molar-refractivity contribution is 5.80. The van der Waals surface area contributed by atoms with Crippen LogP contribution in [0, 0.1) is 18.8 Å². The van der Waals surface area contributed by atoms with E-state index in [9.17, 15) is 9.59 Å². The molecule has 166 valence electrons. The van der Waals surface area contributed by atoms with Gasteiger partial charge >= 0.3 is 0 Å². The molecule has 2 aliphatic rings. The Balaban J connectivity index is 1.54. The van der Waals surface area contributed by atoms with Crippen LogP contribution in [0.25, 0.3) is 0 Å². The number of fused-ring (bicyclic) bond motifs is 1. The van der Waals surface area contributed by atoms with Gasteiger partial charge in [-0.15, -0.1) is 0 Å². The Hall–Kier alpha value is -2.90. The fourth-order valence-electron chi connectivity index (χ4n) is 4.94. The van der Waals surface area contributed by atoms with Crippen molar-refractivity contribution in [1.82, 2.24) is 25.0 Å². The summed E-state index contributed by atoms with van der Waals surface area (Å²) in [5.74, 6) is 2.60. The molecule has 0 saturated carbocycles. The van der Waals surface area contributed by atoms with E-state index >= 15 is 0 Å². The minimum Gasteiger partial charge on any atom is -0.497 e. The molecule has 2 aliphatic heterocycles. The number of methoxy groups -OCH3 is 1. The number of benzene rings is 1. The first-order chi connectivity index (χ1) is 14.8. The van der Waals surface area contributed by atoms with Crippen LogP contribution in [-0.4, -0.2) is 70.1 Å². The van der Waals surface area contributed by atoms with Crippen LogP contribution < -0.4 is 4.74 Å². The summed E-state index contributed by atoms with van der Waals surface area (Å²) in [6.45, 7) is 8.24. The summed E-state index contributed by atoms with van der Waals surface area (Å²) in [5, 5.41) is 7.44. The summed E-state index contributed by atoms with van der Waals surface area (Å²) < 4.78 is 5.28. The van der Waals surface area contributed by atoms with Gasteiger partial charge in [0.15, 0.2) is 5.82 Å². The van der Waals surface area contributed by atoms with Gasteiger partial charge in [0.2, 0.25) is 11.8 Å². The lowest BCUT2D eigenvalue weighted by Gasteiger charge is -2.41. The molecule has 1 N–H and O–H groups in total. The van der Waals surface area contributed by atoms with Gasteiger partial charge in [0.05, 0.1) is 18.9 Å². The second-order valence-electron chi connectivity index (χ2n) is 9.09. The van der Waals surface area contributed by atoms with Gasteiger partial charge in [-0.3, -0.25) is 14.7 Å². The average molecular weight is 426 g/mol. The van der Waals surface area contributed by atoms with Crippen molar-refractivity contribution in [3.8, 4) is 5.75 Å². The minimum atomic E-state index is -0.304. The van der Waals surface area contributed by atoms with Crippen molar-refractivity contribution in [2.45, 2.75) is 39.0 Å². The van der Waals surface area contributed by atoms with E-state index < -0.39 is 0 Å². The maximum absolute atomic E-state index is 13.1. The Labute approximate surface area is 183 Å². The molecule has 0 bridgehead atoms. The monoisotopic (exact) mass is 425 g/mol. The van der Waals surface area contributed by atoms with E-state index in [0.29, 0.717) is 32.6 Å². The molecule has 2 saturated heterocycles. The Morgan fingerprint density at radius 3 is 2.74 bits per heavy atom. The van der Waals surface area contributed by atoms with Crippen LogP contribution in [-0.2, 0) is 21.4 Å². The number of H-pyrrole nitrogens is 1. The quantitative estimate of drug-likeness (QED) is 0.791. The van der Waals surface area contributed by atoms with E-state index in [-0.39, 0.29) is 29.1 Å². The molecule has 8 nitrogen and oxygen atoms in total. The average Bonchev–Trinajstić information content (AvgIpc) is 3.37. The van der Waals surface area contributed by atoms with E-state index in [2.05, 4.69) is 15.2 Å². The lowest BCUT2D eigenvalue weighted by Crippen LogP contribution is -2.52. The van der Waals surface area contributed by atoms with Crippen molar-refractivity contribution < 1.29 is 14.3 Å². The van der Waals surface area contributed by atoms with Gasteiger partial charge < -0.3 is 14.5 Å². The highest BCUT2D eigenvalue weighted by Crippen LogP contribution is 2.44. The molecule has 1 aromatic carbocycles. The number of ether oxygens (including phenoxy) is 1. The maximum atomic E-state index is 13.1. The molecule has 0 aliphatic carbocycles. The van der Waals surface area contributed by atoms with Gasteiger partial charge in [0, 0.05) is 38.0 Å². The number of rotatable bonds is 5. The van der Waals surface area contributed by atoms with Gasteiger partial charge in [-0.25, -0.2) is 4.98 Å². The third-order valence-corrected chi connectivity index (χ3v) is 6.65. The standard InChI is InChI=1S/C23H31N5O3/c1-15(2)21(30)28-13-18-12-27(20(29)11-17-6-5-7-19(10-17)31-4)9-8-23(18,14-28)22-24-16(3)25-26-22/h5-7,10,15,18H,8-9,11-14H2,1-4H3,(H,24,25,26). The number of hydrogen-bond donors (Lipinski definition) is 1. The zero-order valence-electron chi connectivity index (χ0n) is 18.7. The molecule has 1 aromatic heterocycles. The summed E-state index contributed by atoms with van der Waals surface area (Å²) in [6.07, 6.45) is 1.09. The number of carbonyl (C=O) groups is 2. The molecule has 0 spiro atoms. The number of carbonyl (C=O) groups excluding carboxylic acids is 2. The van der Waals surface area contributed by atoms with Crippen LogP contribution in [0.5, 0.6) is 5.75 Å². The number of nitrogens with one attached hydrogen (secondary N) is 1. The predicted octanol–water partition coefficient (Wildman–Crippen LogP) is 1.95. The topological polar surface area (TPSA) is 91.4 Å². The lowest BCUT2D eigenvalue weighted by atomic mass is 9.71. The van der Waals surface area contributed by atoms with Crippen LogP contribution >= 0.6 is 0 Å². The molecule has 2 unspecified atom stereocenters. The van der Waals surface area contributed by atoms with Crippen molar-refractivity contribution in [1.29, 1.82) is 0 Å². The van der Waals surface area contributed by atoms with Crippen molar-refractivity contribution in [2.24, 2.45) is 11.8 Å². The van der Waals surface area contributed by atoms with Gasteiger partial charge in [-0.05, 0) is 31.0 Å². The Bertz CT molecular complexity index is 972. The van der Waals surface area contributed by atoms with E-state index in [0.717, 1.165) is 29.4 Å². The smallest absolute Gasteiger partial charge is 0.227 e. The van der Waals surface area contributed by atoms with E-state index in [1.54, 1.807) is 7.11 Å². The number of piperidine rings is 1. The largest absolute Gasteiger partial charge is 0.497 e. The lowest BCUT2D eigenvalue weighted by molar-refractivity contribution is -0.133. The molecule has 2 fully saturated rings. The van der Waals surface area contributed by atoms with Crippen molar-refractivity contribution in [3.05, 3.63) is 41.5 Å². The summed E-state index contributed by atoms with van der Waals surface area (Å²) >= 11 is 0. The van der Waals surface area contributed by atoms with Crippen LogP contribution in [0.3, 0.4) is 0 Å². The Morgan fingerprint density at radius 1 is 1.29 bits per heavy atom. The first-order valence-corrected chi connectivity index (χ1v) is 10.9. The summed E-state index contributed by atoms with van der Waals surface area (Å²) in [5.41, 5.74) is 0.635. The summed E-state index contributed by atoms with van der Waals surface area (Å²) in [4.78, 5) is 34.4. The number of aromatic nitrogens is 3. The molecule has 31 heavy (non-hydrogen) atoms. The highest BCUT2D eigenvalue weighted by Gasteiger charge is 2.54. The number of aromatic amines is 1. The number of nitrogens with zero attached hydrogens (tertiary/aromatic N) is 4. The molecular weight excluding hydrogens is 394 g/mol. The maximum Gasteiger partial charge on any atom is 0.227 e. The van der Waals surface area contributed by atoms with Gasteiger partial charge in [-0.2, -0.15) is 5.10 Å². The third kappa shape index (κ3) is 4.03. The highest BCUT2D eigenvalue weighted by atomic mass is 16.5. The van der Waals surface area contributed by atoms with E-state index in [4.69, 9.17) is 4.74 Å². The van der Waals surface area contributed by atoms with Crippen molar-refractivity contribution >= 4 is 11.8 Å². The number of aryl methyl sites for hydroxylation is 1. The number of hydrogen-bond acceptors (Lipinski definition) is 5. The normalized spacial score (nSPS) is 23.2. The van der Waals surface area contributed by atoms with Crippen LogP contribution in [0.15, 0.2) is 24.3 Å². The molecule has 2 atom stereocenters. The van der Waals surface area contributed by atoms with Crippen molar-refractivity contribution in [3.63, 3.8) is 0 Å². The number of amides is 2. The minimum absolute atomic E-state index is 0.0584. The second kappa shape index (κ2) is 8.32. The van der Waals surface area contributed by atoms with Gasteiger partial charge in [0.1, 0.15) is 11.6 Å². The van der Waals surface area contributed by atoms with Gasteiger partial charge in [0.25, 0.3) is 0 Å². The Kier molecular flexibility index (Phi) is 5.73. The second-order valence-corrected chi connectivity index (χ2v) is 9.09. The van der Waals surface area contributed by atoms with Crippen LogP contribution in [0.2, 0.25) is 0 Å². The van der Waals surface area contributed by atoms with Gasteiger partial charge in [-0.1, -0.05) is 26.0 Å². The first-order valence-electron chi connectivity index (χ1n) is 10.9. The predicted molar refractivity (Wildman–Crippen MR) is 116 cm³/mol. The molecule has 2 aromatic rings. The molecule has 0 radical (unpaired) electrons. The summed E-state index contributed by atoms with van der Waals surface area (Å²) in [6, 6.07) is 7.63. The zero-order valence-corrected chi connectivity index (χ0v) is 18.7. The number of likely N-dealkylation sites (tertiary alicyclic amines) is 2. The van der Waals surface area contributed by atoms with Crippen LogP contribution in [0.1, 0.15) is 37.5 Å². The fraction of sp³-hybridized carbons (Fsp3) is 0.565.